The average Bonchev–Trinajstić information content (AvgIpc) is 3.31. The fourth-order valence-corrected chi connectivity index (χ4v) is 4.91. The second-order valence-corrected chi connectivity index (χ2v) is 9.10. The summed E-state index contributed by atoms with van der Waals surface area (Å²) in [6.07, 6.45) is 2.83. The predicted octanol–water partition coefficient (Wildman–Crippen LogP) is 1.39. The van der Waals surface area contributed by atoms with Crippen LogP contribution in [-0.2, 0) is 10.0 Å². The molecule has 1 aliphatic carbocycles. The van der Waals surface area contributed by atoms with Gasteiger partial charge in [0.1, 0.15) is 0 Å². The molecule has 0 spiro atoms. The van der Waals surface area contributed by atoms with Gasteiger partial charge in [-0.25, -0.2) is 8.42 Å². The zero-order valence-electron chi connectivity index (χ0n) is 14.2. The summed E-state index contributed by atoms with van der Waals surface area (Å²) >= 11 is 0. The SMILES string of the molecule is Cc1cc(N2CCCS2(=O)=O)ccc1C(=O)NC(C)(CN)C1CC1. The minimum atomic E-state index is -3.21. The largest absolute Gasteiger partial charge is 0.345 e. The van der Waals surface area contributed by atoms with E-state index in [1.165, 1.54) is 4.31 Å². The number of sulfonamides is 1. The smallest absolute Gasteiger partial charge is 0.252 e. The lowest BCUT2D eigenvalue weighted by atomic mass is 9.95. The average molecular weight is 351 g/mol. The Morgan fingerprint density at radius 3 is 2.62 bits per heavy atom. The molecular formula is C17H25N3O3S. The molecule has 1 saturated heterocycles. The lowest BCUT2D eigenvalue weighted by molar-refractivity contribution is 0.0897. The van der Waals surface area contributed by atoms with Crippen molar-refractivity contribution in [2.45, 2.75) is 38.6 Å². The quantitative estimate of drug-likeness (QED) is 0.838. The Morgan fingerprint density at radius 1 is 1.42 bits per heavy atom. The van der Waals surface area contributed by atoms with Gasteiger partial charge in [0.25, 0.3) is 5.91 Å². The number of aryl methyl sites for hydroxylation is 1. The van der Waals surface area contributed by atoms with Gasteiger partial charge >= 0.3 is 0 Å². The Morgan fingerprint density at radius 2 is 2.12 bits per heavy atom. The summed E-state index contributed by atoms with van der Waals surface area (Å²) in [5, 5.41) is 3.07. The van der Waals surface area contributed by atoms with Gasteiger partial charge < -0.3 is 11.1 Å². The maximum Gasteiger partial charge on any atom is 0.252 e. The lowest BCUT2D eigenvalue weighted by Crippen LogP contribution is -2.53. The Labute approximate surface area is 143 Å². The second kappa shape index (κ2) is 6.04. The van der Waals surface area contributed by atoms with E-state index in [2.05, 4.69) is 5.32 Å². The first-order valence-electron chi connectivity index (χ1n) is 8.40. The standard InChI is InChI=1S/C17H25N3O3S/c1-12-10-14(20-8-3-9-24(20,22)23)6-7-15(12)16(21)19-17(2,11-18)13-4-5-13/h6-7,10,13H,3-5,8-9,11,18H2,1-2H3,(H,19,21). The zero-order valence-corrected chi connectivity index (χ0v) is 15.0. The number of nitrogens with one attached hydrogen (secondary N) is 1. The van der Waals surface area contributed by atoms with Gasteiger partial charge in [0.05, 0.1) is 17.0 Å². The molecule has 7 heteroatoms. The molecule has 1 unspecified atom stereocenters. The summed E-state index contributed by atoms with van der Waals surface area (Å²) in [7, 11) is -3.21. The molecule has 0 radical (unpaired) electrons. The van der Waals surface area contributed by atoms with E-state index >= 15 is 0 Å². The van der Waals surface area contributed by atoms with Gasteiger partial charge in [0.2, 0.25) is 10.0 Å². The predicted molar refractivity (Wildman–Crippen MR) is 94.6 cm³/mol. The second-order valence-electron chi connectivity index (χ2n) is 7.09. The molecule has 3 N–H and O–H groups in total. The van der Waals surface area contributed by atoms with E-state index < -0.39 is 10.0 Å². The molecule has 2 aliphatic rings. The zero-order chi connectivity index (χ0) is 17.5. The van der Waals surface area contributed by atoms with Crippen molar-refractivity contribution in [2.24, 2.45) is 11.7 Å². The van der Waals surface area contributed by atoms with E-state index in [4.69, 9.17) is 5.73 Å². The van der Waals surface area contributed by atoms with Crippen molar-refractivity contribution in [2.75, 3.05) is 23.1 Å². The van der Waals surface area contributed by atoms with Crippen LogP contribution in [0.5, 0.6) is 0 Å². The molecule has 2 fully saturated rings. The number of anilines is 1. The molecule has 6 nitrogen and oxygen atoms in total. The number of amides is 1. The number of nitrogens with zero attached hydrogens (tertiary/aromatic N) is 1. The third-order valence-corrected chi connectivity index (χ3v) is 7.01. The first-order chi connectivity index (χ1) is 11.3. The van der Waals surface area contributed by atoms with Crippen molar-refractivity contribution >= 4 is 21.6 Å². The summed E-state index contributed by atoms with van der Waals surface area (Å²) in [5.74, 6) is 0.480. The van der Waals surface area contributed by atoms with E-state index in [1.54, 1.807) is 18.2 Å². The summed E-state index contributed by atoms with van der Waals surface area (Å²) < 4.78 is 25.5. The van der Waals surface area contributed by atoms with E-state index in [-0.39, 0.29) is 17.2 Å². The number of rotatable bonds is 5. The van der Waals surface area contributed by atoms with Gasteiger partial charge in [-0.1, -0.05) is 0 Å². The van der Waals surface area contributed by atoms with Crippen LogP contribution >= 0.6 is 0 Å². The Balaban J connectivity index is 1.81. The molecule has 24 heavy (non-hydrogen) atoms. The van der Waals surface area contributed by atoms with Crippen LogP contribution in [0.15, 0.2) is 18.2 Å². The summed E-state index contributed by atoms with van der Waals surface area (Å²) in [6.45, 7) is 4.73. The molecule has 132 valence electrons. The van der Waals surface area contributed by atoms with Crippen molar-refractivity contribution in [3.63, 3.8) is 0 Å². The van der Waals surface area contributed by atoms with Crippen LogP contribution < -0.4 is 15.4 Å². The lowest BCUT2D eigenvalue weighted by Gasteiger charge is -2.30. The third kappa shape index (κ3) is 3.15. The van der Waals surface area contributed by atoms with Crippen LogP contribution in [0.25, 0.3) is 0 Å². The van der Waals surface area contributed by atoms with Gasteiger partial charge in [-0.2, -0.15) is 0 Å². The molecule has 1 heterocycles. The molecule has 0 bridgehead atoms. The summed E-state index contributed by atoms with van der Waals surface area (Å²) in [6, 6.07) is 5.19. The molecule has 1 aliphatic heterocycles. The van der Waals surface area contributed by atoms with Crippen LogP contribution in [-0.4, -0.2) is 38.7 Å². The van der Waals surface area contributed by atoms with Crippen molar-refractivity contribution in [1.82, 2.24) is 5.32 Å². The van der Waals surface area contributed by atoms with E-state index in [9.17, 15) is 13.2 Å². The highest BCUT2D eigenvalue weighted by Crippen LogP contribution is 2.39. The minimum Gasteiger partial charge on any atom is -0.345 e. The van der Waals surface area contributed by atoms with Gasteiger partial charge in [-0.3, -0.25) is 9.10 Å². The molecule has 1 saturated carbocycles. The number of hydrogen-bond donors (Lipinski definition) is 2. The molecular weight excluding hydrogens is 326 g/mol. The van der Waals surface area contributed by atoms with Crippen molar-refractivity contribution in [3.8, 4) is 0 Å². The highest BCUT2D eigenvalue weighted by atomic mass is 32.2. The van der Waals surface area contributed by atoms with Crippen LogP contribution in [0, 0.1) is 12.8 Å². The number of carbonyl (C=O) groups is 1. The molecule has 1 amide bonds. The van der Waals surface area contributed by atoms with Gasteiger partial charge in [0.15, 0.2) is 0 Å². The number of nitrogens with two attached hydrogens (primary N) is 1. The van der Waals surface area contributed by atoms with Crippen molar-refractivity contribution < 1.29 is 13.2 Å². The van der Waals surface area contributed by atoms with Crippen LogP contribution in [0.3, 0.4) is 0 Å². The first kappa shape index (κ1) is 17.2. The number of carbonyl (C=O) groups excluding carboxylic acids is 1. The number of benzene rings is 1. The van der Waals surface area contributed by atoms with Crippen LogP contribution in [0.2, 0.25) is 0 Å². The molecule has 3 rings (SSSR count). The normalized spacial score (nSPS) is 22.2. The highest BCUT2D eigenvalue weighted by molar-refractivity contribution is 7.93. The van der Waals surface area contributed by atoms with Crippen LogP contribution in [0.1, 0.15) is 42.1 Å². The summed E-state index contributed by atoms with van der Waals surface area (Å²) in [4.78, 5) is 12.6. The number of hydrogen-bond acceptors (Lipinski definition) is 4. The first-order valence-corrected chi connectivity index (χ1v) is 10.0. The Kier molecular flexibility index (Phi) is 4.34. The van der Waals surface area contributed by atoms with Gasteiger partial charge in [0, 0.05) is 18.7 Å². The maximum absolute atomic E-state index is 12.6. The van der Waals surface area contributed by atoms with E-state index in [0.717, 1.165) is 18.4 Å². The van der Waals surface area contributed by atoms with Gasteiger partial charge in [-0.15, -0.1) is 0 Å². The molecule has 1 aromatic rings. The van der Waals surface area contributed by atoms with E-state index in [0.29, 0.717) is 36.7 Å². The fraction of sp³-hybridized carbons (Fsp3) is 0.588. The molecule has 0 aromatic heterocycles. The van der Waals surface area contributed by atoms with Crippen LogP contribution in [0.4, 0.5) is 5.69 Å². The van der Waals surface area contributed by atoms with E-state index in [1.807, 2.05) is 13.8 Å². The topological polar surface area (TPSA) is 92.5 Å². The van der Waals surface area contributed by atoms with Crippen molar-refractivity contribution in [1.29, 1.82) is 0 Å². The monoisotopic (exact) mass is 351 g/mol. The highest BCUT2D eigenvalue weighted by Gasteiger charge is 2.41. The molecule has 1 aromatic carbocycles. The maximum atomic E-state index is 12.6. The summed E-state index contributed by atoms with van der Waals surface area (Å²) in [5.41, 5.74) is 7.45. The van der Waals surface area contributed by atoms with Gasteiger partial charge in [-0.05, 0) is 62.8 Å². The third-order valence-electron chi connectivity index (χ3n) is 5.14. The molecule has 1 atom stereocenters. The Bertz CT molecular complexity index is 758. The fourth-order valence-electron chi connectivity index (χ4n) is 3.35. The van der Waals surface area contributed by atoms with Crippen molar-refractivity contribution in [3.05, 3.63) is 29.3 Å². The Hall–Kier alpha value is -1.60. The minimum absolute atomic E-state index is 0.150.